The lowest BCUT2D eigenvalue weighted by Crippen LogP contribution is -2.52. The summed E-state index contributed by atoms with van der Waals surface area (Å²) in [5.41, 5.74) is 0.896. The lowest BCUT2D eigenvalue weighted by atomic mass is 10.0. The van der Waals surface area contributed by atoms with Crippen molar-refractivity contribution in [1.29, 1.82) is 0 Å². The molecule has 172 valence electrons. The highest BCUT2D eigenvalue weighted by atomic mass is 19.1. The van der Waals surface area contributed by atoms with E-state index in [-0.39, 0.29) is 24.3 Å². The molecule has 1 aromatic carbocycles. The van der Waals surface area contributed by atoms with Gasteiger partial charge in [0.25, 0.3) is 0 Å². The Labute approximate surface area is 184 Å². The van der Waals surface area contributed by atoms with Gasteiger partial charge in [-0.05, 0) is 31.0 Å². The molecule has 2 heterocycles. The minimum Gasteiger partial charge on any atom is -0.379 e. The summed E-state index contributed by atoms with van der Waals surface area (Å²) in [5, 5.41) is 6.87. The number of nitrogens with one attached hydrogen (secondary N) is 2. The third-order valence-corrected chi connectivity index (χ3v) is 5.63. The average Bonchev–Trinajstić information content (AvgIpc) is 2.78. The van der Waals surface area contributed by atoms with Crippen LogP contribution in [-0.2, 0) is 9.53 Å². The Bertz CT molecular complexity index is 738. The average molecular weight is 435 g/mol. The van der Waals surface area contributed by atoms with E-state index in [2.05, 4.69) is 25.4 Å². The predicted molar refractivity (Wildman–Crippen MR) is 121 cm³/mol. The van der Waals surface area contributed by atoms with Crippen LogP contribution in [0.1, 0.15) is 12.8 Å². The van der Waals surface area contributed by atoms with Crippen LogP contribution in [0.3, 0.4) is 0 Å². The normalized spacial score (nSPS) is 20.4. The molecule has 2 aliphatic heterocycles. The standard InChI is InChI=1S/C22H35FN6O2/c1-27(2)21(30)16-25-22(24-8-10-28-11-13-31-14-12-28)26-19-6-4-9-29(17-19)20-7-3-5-18(23)15-20/h3,5,7,15,19H,4,6,8-14,16-17H2,1-2H3,(H2,24,25,26). The zero-order valence-electron chi connectivity index (χ0n) is 18.6. The molecular formula is C22H35FN6O2. The van der Waals surface area contributed by atoms with Crippen LogP contribution < -0.4 is 15.5 Å². The van der Waals surface area contributed by atoms with Crippen molar-refractivity contribution in [2.45, 2.75) is 18.9 Å². The van der Waals surface area contributed by atoms with E-state index in [0.29, 0.717) is 5.96 Å². The van der Waals surface area contributed by atoms with Crippen molar-refractivity contribution >= 4 is 17.6 Å². The van der Waals surface area contributed by atoms with Gasteiger partial charge < -0.3 is 25.2 Å². The highest BCUT2D eigenvalue weighted by Crippen LogP contribution is 2.20. The molecule has 1 amide bonds. The van der Waals surface area contributed by atoms with E-state index < -0.39 is 0 Å². The summed E-state index contributed by atoms with van der Waals surface area (Å²) in [5.74, 6) is 0.385. The topological polar surface area (TPSA) is 72.4 Å². The Morgan fingerprint density at radius 3 is 2.84 bits per heavy atom. The van der Waals surface area contributed by atoms with Crippen LogP contribution in [0.4, 0.5) is 10.1 Å². The highest BCUT2D eigenvalue weighted by Gasteiger charge is 2.22. The van der Waals surface area contributed by atoms with Crippen molar-refractivity contribution in [3.63, 3.8) is 0 Å². The van der Waals surface area contributed by atoms with Crippen LogP contribution in [0, 0.1) is 5.82 Å². The first-order valence-electron chi connectivity index (χ1n) is 11.1. The first-order chi connectivity index (χ1) is 15.0. The first kappa shape index (κ1) is 23.3. The number of piperidine rings is 1. The molecule has 0 saturated carbocycles. The third kappa shape index (κ3) is 7.66. The van der Waals surface area contributed by atoms with Crippen molar-refractivity contribution in [2.24, 2.45) is 4.99 Å². The molecular weight excluding hydrogens is 399 g/mol. The Morgan fingerprint density at radius 2 is 2.10 bits per heavy atom. The molecule has 3 rings (SSSR count). The van der Waals surface area contributed by atoms with Crippen LogP contribution in [-0.4, -0.2) is 101 Å². The molecule has 1 atom stereocenters. The number of nitrogens with zero attached hydrogens (tertiary/aromatic N) is 4. The maximum atomic E-state index is 13.6. The van der Waals surface area contributed by atoms with Gasteiger partial charge in [-0.15, -0.1) is 0 Å². The molecule has 0 spiro atoms. The van der Waals surface area contributed by atoms with Crippen LogP contribution >= 0.6 is 0 Å². The zero-order valence-corrected chi connectivity index (χ0v) is 18.6. The van der Waals surface area contributed by atoms with E-state index in [1.54, 1.807) is 31.1 Å². The second-order valence-electron chi connectivity index (χ2n) is 8.24. The van der Waals surface area contributed by atoms with Crippen molar-refractivity contribution in [2.75, 3.05) is 78.0 Å². The summed E-state index contributed by atoms with van der Waals surface area (Å²) in [7, 11) is 3.46. The number of hydrogen-bond acceptors (Lipinski definition) is 5. The fourth-order valence-electron chi connectivity index (χ4n) is 3.79. The van der Waals surface area contributed by atoms with Gasteiger partial charge in [-0.25, -0.2) is 9.38 Å². The van der Waals surface area contributed by atoms with Gasteiger partial charge in [0, 0.05) is 65.1 Å². The maximum absolute atomic E-state index is 13.6. The van der Waals surface area contributed by atoms with Gasteiger partial charge >= 0.3 is 0 Å². The molecule has 0 aliphatic carbocycles. The van der Waals surface area contributed by atoms with E-state index in [1.807, 2.05) is 6.07 Å². The van der Waals surface area contributed by atoms with E-state index in [9.17, 15) is 9.18 Å². The molecule has 1 aromatic rings. The van der Waals surface area contributed by atoms with Crippen molar-refractivity contribution < 1.29 is 13.9 Å². The van der Waals surface area contributed by atoms with Crippen molar-refractivity contribution in [3.05, 3.63) is 30.1 Å². The van der Waals surface area contributed by atoms with E-state index in [1.165, 1.54) is 6.07 Å². The van der Waals surface area contributed by atoms with Gasteiger partial charge in [0.2, 0.25) is 5.91 Å². The van der Waals surface area contributed by atoms with Gasteiger partial charge in [0.1, 0.15) is 12.4 Å². The van der Waals surface area contributed by atoms with Gasteiger partial charge in [0.05, 0.1) is 13.2 Å². The number of halogens is 1. The second-order valence-corrected chi connectivity index (χ2v) is 8.24. The predicted octanol–water partition coefficient (Wildman–Crippen LogP) is 0.750. The number of ether oxygens (including phenoxy) is 1. The number of likely N-dealkylation sites (N-methyl/N-ethyl adjacent to an activating group) is 1. The van der Waals surface area contributed by atoms with Crippen molar-refractivity contribution in [1.82, 2.24) is 20.4 Å². The minimum atomic E-state index is -0.221. The molecule has 9 heteroatoms. The number of carbonyl (C=O) groups excluding carboxylic acids is 1. The molecule has 2 aliphatic rings. The van der Waals surface area contributed by atoms with Gasteiger partial charge in [0.15, 0.2) is 5.96 Å². The summed E-state index contributed by atoms with van der Waals surface area (Å²) < 4.78 is 19.0. The molecule has 2 saturated heterocycles. The number of amides is 1. The number of benzene rings is 1. The monoisotopic (exact) mass is 434 g/mol. The SMILES string of the molecule is CN(C)C(=O)CN=C(NCCN1CCOCC1)NC1CCCN(c2cccc(F)c2)C1. The van der Waals surface area contributed by atoms with E-state index in [4.69, 9.17) is 4.74 Å². The van der Waals surface area contributed by atoms with E-state index in [0.717, 1.165) is 71.0 Å². The van der Waals surface area contributed by atoms with Crippen LogP contribution in [0.5, 0.6) is 0 Å². The Balaban J connectivity index is 1.57. The lowest BCUT2D eigenvalue weighted by Gasteiger charge is -2.35. The van der Waals surface area contributed by atoms with Crippen molar-refractivity contribution in [3.8, 4) is 0 Å². The molecule has 0 bridgehead atoms. The van der Waals surface area contributed by atoms with Crippen LogP contribution in [0.15, 0.2) is 29.3 Å². The number of hydrogen-bond donors (Lipinski definition) is 2. The van der Waals surface area contributed by atoms with Gasteiger partial charge in [-0.1, -0.05) is 6.07 Å². The summed E-state index contributed by atoms with van der Waals surface area (Å²) in [6.07, 6.45) is 2.00. The number of morpholine rings is 1. The largest absolute Gasteiger partial charge is 0.379 e. The van der Waals surface area contributed by atoms with Gasteiger partial charge in [-0.2, -0.15) is 0 Å². The summed E-state index contributed by atoms with van der Waals surface area (Å²) >= 11 is 0. The van der Waals surface area contributed by atoms with Crippen LogP contribution in [0.2, 0.25) is 0 Å². The fourth-order valence-corrected chi connectivity index (χ4v) is 3.79. The number of aliphatic imine (C=N–C) groups is 1. The number of carbonyl (C=O) groups is 1. The summed E-state index contributed by atoms with van der Waals surface area (Å²) in [4.78, 5) is 22.6. The smallest absolute Gasteiger partial charge is 0.243 e. The molecule has 0 radical (unpaired) electrons. The molecule has 8 nitrogen and oxygen atoms in total. The summed E-state index contributed by atoms with van der Waals surface area (Å²) in [6, 6.07) is 6.90. The van der Waals surface area contributed by atoms with E-state index >= 15 is 0 Å². The maximum Gasteiger partial charge on any atom is 0.243 e. The quantitative estimate of drug-likeness (QED) is 0.488. The molecule has 2 fully saturated rings. The second kappa shape index (κ2) is 11.9. The van der Waals surface area contributed by atoms with Gasteiger partial charge in [-0.3, -0.25) is 9.69 Å². The number of anilines is 1. The molecule has 0 aromatic heterocycles. The lowest BCUT2D eigenvalue weighted by molar-refractivity contribution is -0.127. The number of guanidine groups is 1. The Hall–Kier alpha value is -2.39. The Kier molecular flexibility index (Phi) is 8.90. The third-order valence-electron chi connectivity index (χ3n) is 5.63. The minimum absolute atomic E-state index is 0.0423. The highest BCUT2D eigenvalue weighted by molar-refractivity contribution is 5.85. The zero-order chi connectivity index (χ0) is 22.1. The fraction of sp³-hybridized carbons (Fsp3) is 0.636. The molecule has 2 N–H and O–H groups in total. The Morgan fingerprint density at radius 1 is 1.29 bits per heavy atom. The molecule has 31 heavy (non-hydrogen) atoms. The van der Waals surface area contributed by atoms with Crippen LogP contribution in [0.25, 0.3) is 0 Å². The number of rotatable bonds is 7. The summed E-state index contributed by atoms with van der Waals surface area (Å²) in [6.45, 7) is 6.81. The first-order valence-corrected chi connectivity index (χ1v) is 11.1. The molecule has 1 unspecified atom stereocenters.